The highest BCUT2D eigenvalue weighted by atomic mass is 79.9. The van der Waals surface area contributed by atoms with Crippen molar-refractivity contribution in [1.82, 2.24) is 0 Å². The molecule has 1 atom stereocenters. The summed E-state index contributed by atoms with van der Waals surface area (Å²) < 4.78 is 24.3. The highest BCUT2D eigenvalue weighted by Gasteiger charge is 2.21. The summed E-state index contributed by atoms with van der Waals surface area (Å²) in [6.07, 6.45) is 0.677. The molecule has 0 bridgehead atoms. The average molecular weight is 347 g/mol. The van der Waals surface area contributed by atoms with E-state index in [0.717, 1.165) is 22.3 Å². The molecule has 0 saturated carbocycles. The standard InChI is InChI=1S/C13H19BrN2O2S/c1-10(15)12-9-11(14)3-4-13(12)16-5-2-7-19(17,18)8-6-16/h3-4,9-10H,2,5-8,15H2,1H3. The lowest BCUT2D eigenvalue weighted by molar-refractivity contribution is 0.597. The molecule has 0 amide bonds. The Hall–Kier alpha value is -0.590. The van der Waals surface area contributed by atoms with Gasteiger partial charge in [0.1, 0.15) is 0 Å². The second-order valence-corrected chi connectivity index (χ2v) is 8.20. The maximum Gasteiger partial charge on any atom is 0.152 e. The first-order valence-corrected chi connectivity index (χ1v) is 9.01. The third-order valence-electron chi connectivity index (χ3n) is 3.38. The molecule has 1 unspecified atom stereocenters. The number of sulfone groups is 1. The van der Waals surface area contributed by atoms with Crippen molar-refractivity contribution in [2.45, 2.75) is 19.4 Å². The van der Waals surface area contributed by atoms with Crippen LogP contribution in [0.3, 0.4) is 0 Å². The molecule has 2 N–H and O–H groups in total. The Morgan fingerprint density at radius 1 is 1.32 bits per heavy atom. The summed E-state index contributed by atoms with van der Waals surface area (Å²) in [7, 11) is -2.88. The fraction of sp³-hybridized carbons (Fsp3) is 0.538. The first-order chi connectivity index (χ1) is 8.89. The van der Waals surface area contributed by atoms with E-state index < -0.39 is 9.84 Å². The minimum Gasteiger partial charge on any atom is -0.370 e. The van der Waals surface area contributed by atoms with Crippen molar-refractivity contribution >= 4 is 31.5 Å². The molecule has 1 aliphatic rings. The fourth-order valence-corrected chi connectivity index (χ4v) is 4.01. The third kappa shape index (κ3) is 3.70. The molecule has 1 aromatic carbocycles. The van der Waals surface area contributed by atoms with Gasteiger partial charge < -0.3 is 10.6 Å². The van der Waals surface area contributed by atoms with Gasteiger partial charge in [0, 0.05) is 29.3 Å². The number of halogens is 1. The number of nitrogens with zero attached hydrogens (tertiary/aromatic N) is 1. The van der Waals surface area contributed by atoms with Gasteiger partial charge in [0.25, 0.3) is 0 Å². The van der Waals surface area contributed by atoms with Gasteiger partial charge in [-0.25, -0.2) is 8.42 Å². The minimum absolute atomic E-state index is 0.0765. The molecule has 1 heterocycles. The lowest BCUT2D eigenvalue weighted by Crippen LogP contribution is -2.28. The van der Waals surface area contributed by atoms with Crippen molar-refractivity contribution in [1.29, 1.82) is 0 Å². The van der Waals surface area contributed by atoms with E-state index in [1.165, 1.54) is 0 Å². The second kappa shape index (κ2) is 5.81. The van der Waals surface area contributed by atoms with Crippen molar-refractivity contribution in [3.05, 3.63) is 28.2 Å². The SMILES string of the molecule is CC(N)c1cc(Br)ccc1N1CCCS(=O)(=O)CC1. The first-order valence-electron chi connectivity index (χ1n) is 6.39. The Bertz CT molecular complexity index is 558. The number of nitrogens with two attached hydrogens (primary N) is 1. The Kier molecular flexibility index (Phi) is 4.53. The van der Waals surface area contributed by atoms with Gasteiger partial charge in [-0.3, -0.25) is 0 Å². The van der Waals surface area contributed by atoms with E-state index in [4.69, 9.17) is 5.73 Å². The maximum absolute atomic E-state index is 11.7. The fourth-order valence-electron chi connectivity index (χ4n) is 2.36. The van der Waals surface area contributed by atoms with E-state index in [9.17, 15) is 8.42 Å². The molecule has 2 rings (SSSR count). The maximum atomic E-state index is 11.7. The van der Waals surface area contributed by atoms with Gasteiger partial charge in [-0.15, -0.1) is 0 Å². The van der Waals surface area contributed by atoms with Crippen molar-refractivity contribution in [2.75, 3.05) is 29.5 Å². The van der Waals surface area contributed by atoms with Crippen LogP contribution in [0.25, 0.3) is 0 Å². The molecule has 19 heavy (non-hydrogen) atoms. The predicted octanol–water partition coefficient (Wildman–Crippen LogP) is 2.09. The van der Waals surface area contributed by atoms with Crippen LogP contribution in [0, 0.1) is 0 Å². The number of benzene rings is 1. The monoisotopic (exact) mass is 346 g/mol. The average Bonchev–Trinajstić information content (AvgIpc) is 2.50. The van der Waals surface area contributed by atoms with Gasteiger partial charge >= 0.3 is 0 Å². The van der Waals surface area contributed by atoms with Crippen LogP contribution >= 0.6 is 15.9 Å². The zero-order valence-corrected chi connectivity index (χ0v) is 13.4. The van der Waals surface area contributed by atoms with Gasteiger partial charge in [-0.05, 0) is 37.1 Å². The van der Waals surface area contributed by atoms with Gasteiger partial charge in [0.05, 0.1) is 11.5 Å². The van der Waals surface area contributed by atoms with Crippen LogP contribution in [0.1, 0.15) is 24.9 Å². The van der Waals surface area contributed by atoms with Crippen LogP contribution in [0.5, 0.6) is 0 Å². The summed E-state index contributed by atoms with van der Waals surface area (Å²) >= 11 is 3.45. The van der Waals surface area contributed by atoms with E-state index >= 15 is 0 Å². The van der Waals surface area contributed by atoms with Crippen molar-refractivity contribution in [2.24, 2.45) is 5.73 Å². The molecule has 4 nitrogen and oxygen atoms in total. The summed E-state index contributed by atoms with van der Waals surface area (Å²) in [6, 6.07) is 5.92. The number of hydrogen-bond donors (Lipinski definition) is 1. The van der Waals surface area contributed by atoms with Crippen molar-refractivity contribution in [3.8, 4) is 0 Å². The van der Waals surface area contributed by atoms with E-state index in [2.05, 4.69) is 20.8 Å². The Labute approximate surface area is 123 Å². The second-order valence-electron chi connectivity index (χ2n) is 4.98. The molecule has 1 aromatic rings. The topological polar surface area (TPSA) is 63.4 Å². The lowest BCUT2D eigenvalue weighted by atomic mass is 10.1. The van der Waals surface area contributed by atoms with Crippen LogP contribution in [0.2, 0.25) is 0 Å². The van der Waals surface area contributed by atoms with Gasteiger partial charge in [0.2, 0.25) is 0 Å². The molecule has 106 valence electrons. The molecule has 1 fully saturated rings. The Morgan fingerprint density at radius 2 is 2.05 bits per heavy atom. The van der Waals surface area contributed by atoms with E-state index in [0.29, 0.717) is 13.0 Å². The molecule has 1 saturated heterocycles. The molecule has 0 aliphatic carbocycles. The van der Waals surface area contributed by atoms with Gasteiger partial charge in [-0.1, -0.05) is 15.9 Å². The number of hydrogen-bond acceptors (Lipinski definition) is 4. The largest absolute Gasteiger partial charge is 0.370 e. The molecule has 0 aromatic heterocycles. The van der Waals surface area contributed by atoms with E-state index in [1.807, 2.05) is 25.1 Å². The van der Waals surface area contributed by atoms with Crippen LogP contribution in [-0.2, 0) is 9.84 Å². The minimum atomic E-state index is -2.88. The molecule has 6 heteroatoms. The van der Waals surface area contributed by atoms with Crippen LogP contribution < -0.4 is 10.6 Å². The normalized spacial score (nSPS) is 20.9. The Balaban J connectivity index is 2.31. The van der Waals surface area contributed by atoms with Crippen molar-refractivity contribution < 1.29 is 8.42 Å². The zero-order valence-electron chi connectivity index (χ0n) is 11.0. The summed E-state index contributed by atoms with van der Waals surface area (Å²) in [5.41, 5.74) is 8.12. The summed E-state index contributed by atoms with van der Waals surface area (Å²) in [5.74, 6) is 0.509. The highest BCUT2D eigenvalue weighted by molar-refractivity contribution is 9.10. The molecular formula is C13H19BrN2O2S. The zero-order chi connectivity index (χ0) is 14.0. The first kappa shape index (κ1) is 14.8. The van der Waals surface area contributed by atoms with E-state index in [1.54, 1.807) is 0 Å². The summed E-state index contributed by atoms with van der Waals surface area (Å²) in [4.78, 5) is 2.13. The summed E-state index contributed by atoms with van der Waals surface area (Å²) in [5, 5.41) is 0. The number of anilines is 1. The van der Waals surface area contributed by atoms with Gasteiger partial charge in [-0.2, -0.15) is 0 Å². The predicted molar refractivity (Wildman–Crippen MR) is 82.2 cm³/mol. The highest BCUT2D eigenvalue weighted by Crippen LogP contribution is 2.29. The molecular weight excluding hydrogens is 328 g/mol. The third-order valence-corrected chi connectivity index (χ3v) is 5.58. The Morgan fingerprint density at radius 3 is 2.74 bits per heavy atom. The smallest absolute Gasteiger partial charge is 0.152 e. The van der Waals surface area contributed by atoms with Crippen molar-refractivity contribution in [3.63, 3.8) is 0 Å². The van der Waals surface area contributed by atoms with Crippen LogP contribution in [-0.4, -0.2) is 33.0 Å². The lowest BCUT2D eigenvalue weighted by Gasteiger charge is -2.26. The van der Waals surface area contributed by atoms with Crippen LogP contribution in [0.15, 0.2) is 22.7 Å². The molecule has 1 aliphatic heterocycles. The van der Waals surface area contributed by atoms with Crippen LogP contribution in [0.4, 0.5) is 5.69 Å². The number of rotatable bonds is 2. The summed E-state index contributed by atoms with van der Waals surface area (Å²) in [6.45, 7) is 3.25. The van der Waals surface area contributed by atoms with Gasteiger partial charge in [0.15, 0.2) is 9.84 Å². The quantitative estimate of drug-likeness (QED) is 0.890. The molecule has 0 spiro atoms. The molecule has 0 radical (unpaired) electrons. The van der Waals surface area contributed by atoms with E-state index in [-0.39, 0.29) is 17.5 Å².